The Morgan fingerprint density at radius 3 is 2.95 bits per heavy atom. The number of fused-ring (bicyclic) bond motifs is 1. The van der Waals surface area contributed by atoms with Crippen LogP contribution in [-0.2, 0) is 11.8 Å². The van der Waals surface area contributed by atoms with Crippen LogP contribution < -0.4 is 4.74 Å². The maximum Gasteiger partial charge on any atom is 0.307 e. The van der Waals surface area contributed by atoms with E-state index in [-0.39, 0.29) is 11.8 Å². The molecular weight excluding hydrogens is 256 g/mol. The van der Waals surface area contributed by atoms with Crippen molar-refractivity contribution in [1.29, 1.82) is 0 Å². The number of benzene rings is 1. The predicted molar refractivity (Wildman–Crippen MR) is 75.0 cm³/mol. The van der Waals surface area contributed by atoms with Crippen LogP contribution in [-0.4, -0.2) is 27.7 Å². The summed E-state index contributed by atoms with van der Waals surface area (Å²) >= 11 is 0. The zero-order valence-electron chi connectivity index (χ0n) is 11.7. The summed E-state index contributed by atoms with van der Waals surface area (Å²) in [7, 11) is 3.58. The molecule has 5 nitrogen and oxygen atoms in total. The highest BCUT2D eigenvalue weighted by Crippen LogP contribution is 2.40. The average molecular weight is 274 g/mol. The van der Waals surface area contributed by atoms with E-state index >= 15 is 0 Å². The summed E-state index contributed by atoms with van der Waals surface area (Å²) in [5, 5.41) is 9.34. The lowest BCUT2D eigenvalue weighted by Crippen LogP contribution is -2.19. The van der Waals surface area contributed by atoms with Crippen molar-refractivity contribution in [3.63, 3.8) is 0 Å². The van der Waals surface area contributed by atoms with Gasteiger partial charge in [-0.2, -0.15) is 0 Å². The van der Waals surface area contributed by atoms with Gasteiger partial charge in [0, 0.05) is 19.0 Å². The third kappa shape index (κ3) is 1.94. The lowest BCUT2D eigenvalue weighted by molar-refractivity contribution is -0.142. The lowest BCUT2D eigenvalue weighted by Gasteiger charge is -2.15. The monoisotopic (exact) mass is 274 g/mol. The minimum absolute atomic E-state index is 0.0101. The van der Waals surface area contributed by atoms with Crippen molar-refractivity contribution in [3.8, 4) is 5.75 Å². The largest absolute Gasteiger partial charge is 0.497 e. The second-order valence-corrected chi connectivity index (χ2v) is 5.37. The van der Waals surface area contributed by atoms with Crippen LogP contribution in [0.5, 0.6) is 5.75 Å². The molecule has 106 valence electrons. The number of hydrogen-bond donors (Lipinski definition) is 1. The molecule has 1 N–H and O–H groups in total. The zero-order chi connectivity index (χ0) is 14.3. The molecule has 1 heterocycles. The topological polar surface area (TPSA) is 64.3 Å². The first-order valence-corrected chi connectivity index (χ1v) is 6.85. The number of carbonyl (C=O) groups is 1. The normalized spacial score (nSPS) is 22.3. The molecule has 2 unspecified atom stereocenters. The van der Waals surface area contributed by atoms with Crippen molar-refractivity contribution >= 4 is 17.0 Å². The molecule has 0 aliphatic heterocycles. The molecule has 0 bridgehead atoms. The van der Waals surface area contributed by atoms with E-state index < -0.39 is 5.97 Å². The minimum Gasteiger partial charge on any atom is -0.497 e. The van der Waals surface area contributed by atoms with Crippen LogP contribution in [0.1, 0.15) is 31.0 Å². The number of carboxylic acid groups (broad SMARTS) is 1. The molecular formula is C15H18N2O3. The van der Waals surface area contributed by atoms with E-state index in [1.807, 2.05) is 29.8 Å². The third-order valence-corrected chi connectivity index (χ3v) is 4.29. The van der Waals surface area contributed by atoms with Crippen molar-refractivity contribution in [2.45, 2.75) is 25.2 Å². The number of aromatic nitrogens is 2. The second kappa shape index (κ2) is 4.81. The number of ether oxygens (including phenoxy) is 1. The Kier molecular flexibility index (Phi) is 3.12. The van der Waals surface area contributed by atoms with Crippen LogP contribution in [0.3, 0.4) is 0 Å². The van der Waals surface area contributed by atoms with Gasteiger partial charge >= 0.3 is 5.97 Å². The van der Waals surface area contributed by atoms with Crippen molar-refractivity contribution in [2.24, 2.45) is 13.0 Å². The van der Waals surface area contributed by atoms with E-state index in [2.05, 4.69) is 4.98 Å². The van der Waals surface area contributed by atoms with E-state index in [1.165, 1.54) is 0 Å². The van der Waals surface area contributed by atoms with E-state index in [0.717, 1.165) is 41.9 Å². The highest BCUT2D eigenvalue weighted by molar-refractivity contribution is 5.78. The Bertz CT molecular complexity index is 662. The van der Waals surface area contributed by atoms with E-state index in [9.17, 15) is 9.90 Å². The number of rotatable bonds is 3. The summed E-state index contributed by atoms with van der Waals surface area (Å²) < 4.78 is 7.23. The fourth-order valence-electron chi connectivity index (χ4n) is 3.22. The molecule has 0 saturated heterocycles. The maximum absolute atomic E-state index is 11.4. The molecule has 20 heavy (non-hydrogen) atoms. The van der Waals surface area contributed by atoms with Crippen molar-refractivity contribution < 1.29 is 14.6 Å². The van der Waals surface area contributed by atoms with Crippen molar-refractivity contribution in [1.82, 2.24) is 9.55 Å². The molecule has 0 amide bonds. The molecule has 5 heteroatoms. The first-order chi connectivity index (χ1) is 9.61. The van der Waals surface area contributed by atoms with Crippen molar-refractivity contribution in [2.75, 3.05) is 7.11 Å². The summed E-state index contributed by atoms with van der Waals surface area (Å²) in [5.41, 5.74) is 1.87. The van der Waals surface area contributed by atoms with Gasteiger partial charge in [-0.05, 0) is 25.0 Å². The first-order valence-electron chi connectivity index (χ1n) is 6.85. The van der Waals surface area contributed by atoms with Gasteiger partial charge in [0.25, 0.3) is 0 Å². The van der Waals surface area contributed by atoms with Gasteiger partial charge in [0.15, 0.2) is 0 Å². The van der Waals surface area contributed by atoms with E-state index in [4.69, 9.17) is 4.74 Å². The SMILES string of the molecule is COc1ccc2c(c1)nc(C1CCCC1C(=O)O)n2C. The molecule has 3 rings (SSSR count). The van der Waals surface area contributed by atoms with Gasteiger partial charge < -0.3 is 14.4 Å². The summed E-state index contributed by atoms with van der Waals surface area (Å²) in [6, 6.07) is 5.76. The smallest absolute Gasteiger partial charge is 0.307 e. The lowest BCUT2D eigenvalue weighted by atomic mass is 9.95. The fourth-order valence-corrected chi connectivity index (χ4v) is 3.22. The highest BCUT2D eigenvalue weighted by Gasteiger charge is 2.36. The van der Waals surface area contributed by atoms with Gasteiger partial charge in [0.05, 0.1) is 24.1 Å². The first kappa shape index (κ1) is 13.0. The van der Waals surface area contributed by atoms with Crippen LogP contribution in [0.4, 0.5) is 0 Å². The summed E-state index contributed by atoms with van der Waals surface area (Å²) in [6.07, 6.45) is 2.59. The highest BCUT2D eigenvalue weighted by atomic mass is 16.5. The number of aryl methyl sites for hydroxylation is 1. The van der Waals surface area contributed by atoms with Crippen LogP contribution in [0.15, 0.2) is 18.2 Å². The third-order valence-electron chi connectivity index (χ3n) is 4.29. The summed E-state index contributed by atoms with van der Waals surface area (Å²) in [4.78, 5) is 16.0. The van der Waals surface area contributed by atoms with Crippen LogP contribution in [0.2, 0.25) is 0 Å². The summed E-state index contributed by atoms with van der Waals surface area (Å²) in [5.74, 6) is 0.627. The van der Waals surface area contributed by atoms with Crippen LogP contribution in [0, 0.1) is 5.92 Å². The van der Waals surface area contributed by atoms with Crippen LogP contribution >= 0.6 is 0 Å². The molecule has 1 aromatic carbocycles. The Hall–Kier alpha value is -2.04. The Morgan fingerprint density at radius 1 is 1.45 bits per heavy atom. The molecule has 1 aromatic heterocycles. The Balaban J connectivity index is 2.07. The van der Waals surface area contributed by atoms with Gasteiger partial charge in [-0.3, -0.25) is 4.79 Å². The number of carboxylic acids is 1. The maximum atomic E-state index is 11.4. The standard InChI is InChI=1S/C15H18N2O3/c1-17-13-7-6-9(20-2)8-12(13)16-14(17)10-4-3-5-11(10)15(18)19/h6-8,10-11H,3-5H2,1-2H3,(H,18,19). The minimum atomic E-state index is -0.711. The molecule has 0 radical (unpaired) electrons. The van der Waals surface area contributed by atoms with Gasteiger partial charge in [-0.1, -0.05) is 6.42 Å². The zero-order valence-corrected chi connectivity index (χ0v) is 11.7. The van der Waals surface area contributed by atoms with E-state index in [1.54, 1.807) is 7.11 Å². The number of imidazole rings is 1. The van der Waals surface area contributed by atoms with Gasteiger partial charge in [0.2, 0.25) is 0 Å². The number of hydrogen-bond acceptors (Lipinski definition) is 3. The summed E-state index contributed by atoms with van der Waals surface area (Å²) in [6.45, 7) is 0. The quantitative estimate of drug-likeness (QED) is 0.934. The molecule has 0 spiro atoms. The average Bonchev–Trinajstić information content (AvgIpc) is 3.03. The molecule has 2 atom stereocenters. The molecule has 1 saturated carbocycles. The van der Waals surface area contributed by atoms with Gasteiger partial charge in [-0.15, -0.1) is 0 Å². The number of nitrogens with zero attached hydrogens (tertiary/aromatic N) is 2. The van der Waals surface area contributed by atoms with E-state index in [0.29, 0.717) is 0 Å². The number of aliphatic carboxylic acids is 1. The predicted octanol–water partition coefficient (Wildman–Crippen LogP) is 2.55. The Morgan fingerprint density at radius 2 is 2.25 bits per heavy atom. The molecule has 1 aliphatic rings. The second-order valence-electron chi connectivity index (χ2n) is 5.37. The Labute approximate surface area is 117 Å². The fraction of sp³-hybridized carbons (Fsp3) is 0.467. The van der Waals surface area contributed by atoms with Gasteiger partial charge in [-0.25, -0.2) is 4.98 Å². The van der Waals surface area contributed by atoms with Crippen molar-refractivity contribution in [3.05, 3.63) is 24.0 Å². The molecule has 1 fully saturated rings. The van der Waals surface area contributed by atoms with Crippen LogP contribution in [0.25, 0.3) is 11.0 Å². The molecule has 2 aromatic rings. The number of methoxy groups -OCH3 is 1. The van der Waals surface area contributed by atoms with Gasteiger partial charge in [0.1, 0.15) is 11.6 Å². The molecule has 1 aliphatic carbocycles.